The normalized spacial score (nSPS) is 30.6. The standard InChI is InChI=1S/C8H17NO/c1-7-5-8(7)6-9-3-4-10-2/h7-9H,3-6H2,1-2H3/t7-,8+/m1/s1. The second-order valence-electron chi connectivity index (χ2n) is 3.17. The number of rotatable bonds is 5. The predicted molar refractivity (Wildman–Crippen MR) is 42.0 cm³/mol. The zero-order chi connectivity index (χ0) is 7.40. The Morgan fingerprint density at radius 1 is 1.60 bits per heavy atom. The SMILES string of the molecule is COCCNC[C@@H]1C[C@H]1C. The largest absolute Gasteiger partial charge is 0.383 e. The first-order valence-corrected chi connectivity index (χ1v) is 4.04. The third-order valence-corrected chi connectivity index (χ3v) is 2.17. The van der Waals surface area contributed by atoms with Crippen LogP contribution in [0.5, 0.6) is 0 Å². The molecule has 0 bridgehead atoms. The molecule has 0 amide bonds. The van der Waals surface area contributed by atoms with E-state index in [2.05, 4.69) is 12.2 Å². The Kier molecular flexibility index (Phi) is 3.16. The number of nitrogens with one attached hydrogen (secondary N) is 1. The zero-order valence-corrected chi connectivity index (χ0v) is 6.89. The van der Waals surface area contributed by atoms with Crippen molar-refractivity contribution in [3.05, 3.63) is 0 Å². The highest BCUT2D eigenvalue weighted by atomic mass is 16.5. The molecule has 0 aromatic rings. The summed E-state index contributed by atoms with van der Waals surface area (Å²) < 4.78 is 4.91. The highest BCUT2D eigenvalue weighted by Crippen LogP contribution is 2.36. The minimum Gasteiger partial charge on any atom is -0.383 e. The average molecular weight is 143 g/mol. The van der Waals surface area contributed by atoms with Crippen LogP contribution in [0.15, 0.2) is 0 Å². The van der Waals surface area contributed by atoms with Crippen LogP contribution in [0, 0.1) is 11.8 Å². The van der Waals surface area contributed by atoms with E-state index in [1.807, 2.05) is 0 Å². The summed E-state index contributed by atoms with van der Waals surface area (Å²) in [6.07, 6.45) is 1.42. The van der Waals surface area contributed by atoms with E-state index >= 15 is 0 Å². The number of methoxy groups -OCH3 is 1. The Hall–Kier alpha value is -0.0800. The molecule has 10 heavy (non-hydrogen) atoms. The summed E-state index contributed by atoms with van der Waals surface area (Å²) in [7, 11) is 1.74. The molecule has 0 aromatic carbocycles. The van der Waals surface area contributed by atoms with Gasteiger partial charge in [0.2, 0.25) is 0 Å². The van der Waals surface area contributed by atoms with Crippen LogP contribution in [0.3, 0.4) is 0 Å². The van der Waals surface area contributed by atoms with Gasteiger partial charge in [-0.3, -0.25) is 0 Å². The molecule has 1 N–H and O–H groups in total. The molecule has 2 nitrogen and oxygen atoms in total. The number of ether oxygens (including phenoxy) is 1. The second-order valence-corrected chi connectivity index (χ2v) is 3.17. The van der Waals surface area contributed by atoms with E-state index in [1.165, 1.54) is 13.0 Å². The van der Waals surface area contributed by atoms with Crippen LogP contribution in [-0.2, 0) is 4.74 Å². The van der Waals surface area contributed by atoms with Crippen molar-refractivity contribution in [3.63, 3.8) is 0 Å². The van der Waals surface area contributed by atoms with Crippen LogP contribution < -0.4 is 5.32 Å². The quantitative estimate of drug-likeness (QED) is 0.577. The van der Waals surface area contributed by atoms with Gasteiger partial charge < -0.3 is 10.1 Å². The van der Waals surface area contributed by atoms with Crippen molar-refractivity contribution in [1.82, 2.24) is 5.32 Å². The van der Waals surface area contributed by atoms with Gasteiger partial charge in [-0.25, -0.2) is 0 Å². The van der Waals surface area contributed by atoms with E-state index in [9.17, 15) is 0 Å². The summed E-state index contributed by atoms with van der Waals surface area (Å²) in [5.74, 6) is 1.92. The highest BCUT2D eigenvalue weighted by molar-refractivity contribution is 4.83. The van der Waals surface area contributed by atoms with Crippen molar-refractivity contribution in [3.8, 4) is 0 Å². The lowest BCUT2D eigenvalue weighted by Crippen LogP contribution is -2.21. The predicted octanol–water partition coefficient (Wildman–Crippen LogP) is 0.878. The maximum absolute atomic E-state index is 4.91. The molecule has 1 aliphatic carbocycles. The Morgan fingerprint density at radius 3 is 2.80 bits per heavy atom. The van der Waals surface area contributed by atoms with Crippen molar-refractivity contribution in [2.45, 2.75) is 13.3 Å². The first kappa shape index (κ1) is 8.02. The van der Waals surface area contributed by atoms with Gasteiger partial charge in [-0.05, 0) is 24.8 Å². The molecule has 60 valence electrons. The molecule has 0 spiro atoms. The molecule has 1 fully saturated rings. The fraction of sp³-hybridized carbons (Fsp3) is 1.00. The molecule has 0 aliphatic heterocycles. The average Bonchev–Trinajstić information content (AvgIpc) is 2.60. The number of hydrogen-bond donors (Lipinski definition) is 1. The van der Waals surface area contributed by atoms with E-state index in [0.29, 0.717) is 0 Å². The van der Waals surface area contributed by atoms with Gasteiger partial charge in [0.1, 0.15) is 0 Å². The lowest BCUT2D eigenvalue weighted by atomic mass is 10.3. The van der Waals surface area contributed by atoms with Crippen LogP contribution in [0.4, 0.5) is 0 Å². The summed E-state index contributed by atoms with van der Waals surface area (Å²) in [4.78, 5) is 0. The minimum atomic E-state index is 0.834. The van der Waals surface area contributed by atoms with E-state index in [-0.39, 0.29) is 0 Å². The minimum absolute atomic E-state index is 0.834. The third-order valence-electron chi connectivity index (χ3n) is 2.17. The molecule has 0 saturated heterocycles. The van der Waals surface area contributed by atoms with Gasteiger partial charge in [-0.15, -0.1) is 0 Å². The maximum atomic E-state index is 4.91. The van der Waals surface area contributed by atoms with Crippen LogP contribution in [0.25, 0.3) is 0 Å². The summed E-state index contributed by atoms with van der Waals surface area (Å²) in [5.41, 5.74) is 0. The van der Waals surface area contributed by atoms with Gasteiger partial charge in [0.15, 0.2) is 0 Å². The molecular formula is C8H17NO. The Morgan fingerprint density at radius 2 is 2.30 bits per heavy atom. The third kappa shape index (κ3) is 2.67. The fourth-order valence-corrected chi connectivity index (χ4v) is 1.15. The van der Waals surface area contributed by atoms with Gasteiger partial charge in [0, 0.05) is 13.7 Å². The first-order valence-electron chi connectivity index (χ1n) is 4.04. The topological polar surface area (TPSA) is 21.3 Å². The second kappa shape index (κ2) is 3.94. The molecule has 1 aliphatic rings. The van der Waals surface area contributed by atoms with Gasteiger partial charge in [0.25, 0.3) is 0 Å². The van der Waals surface area contributed by atoms with Crippen molar-refractivity contribution < 1.29 is 4.74 Å². The monoisotopic (exact) mass is 143 g/mol. The molecule has 2 atom stereocenters. The molecule has 0 aromatic heterocycles. The lowest BCUT2D eigenvalue weighted by molar-refractivity contribution is 0.199. The Bertz CT molecular complexity index is 95.3. The molecule has 0 unspecified atom stereocenters. The van der Waals surface area contributed by atoms with Crippen LogP contribution in [0.2, 0.25) is 0 Å². The summed E-state index contributed by atoms with van der Waals surface area (Å²) in [6, 6.07) is 0. The zero-order valence-electron chi connectivity index (χ0n) is 6.89. The van der Waals surface area contributed by atoms with Crippen molar-refractivity contribution in [2.24, 2.45) is 11.8 Å². The van der Waals surface area contributed by atoms with Crippen LogP contribution >= 0.6 is 0 Å². The van der Waals surface area contributed by atoms with E-state index in [4.69, 9.17) is 4.74 Å². The van der Waals surface area contributed by atoms with Crippen LogP contribution in [-0.4, -0.2) is 26.8 Å². The van der Waals surface area contributed by atoms with Gasteiger partial charge in [-0.1, -0.05) is 6.92 Å². The van der Waals surface area contributed by atoms with Crippen molar-refractivity contribution in [2.75, 3.05) is 26.8 Å². The van der Waals surface area contributed by atoms with Crippen molar-refractivity contribution in [1.29, 1.82) is 0 Å². The molecule has 0 heterocycles. The summed E-state index contributed by atoms with van der Waals surface area (Å²) >= 11 is 0. The van der Waals surface area contributed by atoms with Gasteiger partial charge >= 0.3 is 0 Å². The Labute approximate surface area is 63.0 Å². The summed E-state index contributed by atoms with van der Waals surface area (Å²) in [5, 5.41) is 3.35. The molecule has 2 heteroatoms. The van der Waals surface area contributed by atoms with Gasteiger partial charge in [-0.2, -0.15) is 0 Å². The lowest BCUT2D eigenvalue weighted by Gasteiger charge is -2.01. The molecule has 1 saturated carbocycles. The van der Waals surface area contributed by atoms with Crippen molar-refractivity contribution >= 4 is 0 Å². The number of hydrogen-bond acceptors (Lipinski definition) is 2. The smallest absolute Gasteiger partial charge is 0.0587 e. The van der Waals surface area contributed by atoms with E-state index in [1.54, 1.807) is 7.11 Å². The molecule has 0 radical (unpaired) electrons. The maximum Gasteiger partial charge on any atom is 0.0587 e. The van der Waals surface area contributed by atoms with Crippen LogP contribution in [0.1, 0.15) is 13.3 Å². The Balaban J connectivity index is 1.78. The molecule has 1 rings (SSSR count). The van der Waals surface area contributed by atoms with Gasteiger partial charge in [0.05, 0.1) is 6.61 Å². The highest BCUT2D eigenvalue weighted by Gasteiger charge is 2.31. The van der Waals surface area contributed by atoms with E-state index < -0.39 is 0 Å². The van der Waals surface area contributed by atoms with E-state index in [0.717, 1.165) is 25.0 Å². The molecular weight excluding hydrogens is 126 g/mol. The fourth-order valence-electron chi connectivity index (χ4n) is 1.15. The first-order chi connectivity index (χ1) is 4.84. The summed E-state index contributed by atoms with van der Waals surface area (Å²) in [6.45, 7) is 5.33.